The predicted molar refractivity (Wildman–Crippen MR) is 75.3 cm³/mol. The van der Waals surface area contributed by atoms with Gasteiger partial charge in [0.25, 0.3) is 0 Å². The van der Waals surface area contributed by atoms with Crippen LogP contribution < -0.4 is 5.32 Å². The van der Waals surface area contributed by atoms with E-state index in [0.717, 1.165) is 11.3 Å². The first kappa shape index (κ1) is 15.0. The molecule has 0 amide bonds. The summed E-state index contributed by atoms with van der Waals surface area (Å²) >= 11 is 5.79. The number of aliphatic hydroxyl groups excluding tert-OH is 1. The van der Waals surface area contributed by atoms with Crippen molar-refractivity contribution >= 4 is 11.6 Å². The van der Waals surface area contributed by atoms with E-state index >= 15 is 0 Å². The van der Waals surface area contributed by atoms with Crippen LogP contribution in [0.4, 0.5) is 0 Å². The van der Waals surface area contributed by atoms with Crippen LogP contribution in [0.3, 0.4) is 0 Å². The minimum absolute atomic E-state index is 0.270. The number of nitrogens with zero attached hydrogens (tertiary/aromatic N) is 1. The third kappa shape index (κ3) is 5.30. The van der Waals surface area contributed by atoms with Crippen LogP contribution in [0.1, 0.15) is 11.3 Å². The van der Waals surface area contributed by atoms with Gasteiger partial charge in [-0.25, -0.2) is 0 Å². The number of benzene rings is 1. The van der Waals surface area contributed by atoms with Gasteiger partial charge < -0.3 is 19.7 Å². The molecular weight excluding hydrogens is 280 g/mol. The second-order valence-electron chi connectivity index (χ2n) is 4.41. The zero-order valence-electron chi connectivity index (χ0n) is 11.0. The molecule has 1 aromatic carbocycles. The third-order valence-electron chi connectivity index (χ3n) is 2.66. The molecule has 0 aliphatic carbocycles. The Bertz CT molecular complexity index is 488. The van der Waals surface area contributed by atoms with Crippen molar-refractivity contribution in [3.63, 3.8) is 0 Å². The van der Waals surface area contributed by atoms with Gasteiger partial charge in [0, 0.05) is 17.6 Å². The lowest BCUT2D eigenvalue weighted by Crippen LogP contribution is -2.29. The van der Waals surface area contributed by atoms with E-state index < -0.39 is 6.10 Å². The molecule has 0 fully saturated rings. The molecule has 0 saturated heterocycles. The molecule has 0 aliphatic heterocycles. The van der Waals surface area contributed by atoms with Gasteiger partial charge in [-0.1, -0.05) is 28.9 Å². The second-order valence-corrected chi connectivity index (χ2v) is 4.84. The summed E-state index contributed by atoms with van der Waals surface area (Å²) in [7, 11) is 0. The van der Waals surface area contributed by atoms with E-state index in [1.807, 2.05) is 24.3 Å². The van der Waals surface area contributed by atoms with Gasteiger partial charge in [0.2, 0.25) is 0 Å². The van der Waals surface area contributed by atoms with Crippen LogP contribution in [0.15, 0.2) is 41.1 Å². The van der Waals surface area contributed by atoms with Crippen LogP contribution in [-0.4, -0.2) is 29.5 Å². The lowest BCUT2D eigenvalue weighted by atomic mass is 10.2. The van der Waals surface area contributed by atoms with Crippen LogP contribution in [0.5, 0.6) is 0 Å². The maximum atomic E-state index is 9.75. The average molecular weight is 297 g/mol. The summed E-state index contributed by atoms with van der Waals surface area (Å²) in [4.78, 5) is 0. The van der Waals surface area contributed by atoms with E-state index in [4.69, 9.17) is 20.9 Å². The SMILES string of the molecule is OC(CNCc1ccno1)COCc1ccc(Cl)cc1. The molecule has 1 aromatic heterocycles. The van der Waals surface area contributed by atoms with Gasteiger partial charge in [0.1, 0.15) is 5.76 Å². The first-order valence-corrected chi connectivity index (χ1v) is 6.72. The van der Waals surface area contributed by atoms with Crippen molar-refractivity contribution < 1.29 is 14.4 Å². The lowest BCUT2D eigenvalue weighted by molar-refractivity contribution is 0.0285. The summed E-state index contributed by atoms with van der Waals surface area (Å²) in [6.07, 6.45) is 1.02. The first-order valence-electron chi connectivity index (χ1n) is 6.34. The van der Waals surface area contributed by atoms with Crippen LogP contribution in [0.25, 0.3) is 0 Å². The number of halogens is 1. The number of hydrogen-bond donors (Lipinski definition) is 2. The van der Waals surface area contributed by atoms with Crippen molar-refractivity contribution in [2.75, 3.05) is 13.2 Å². The van der Waals surface area contributed by atoms with Crippen LogP contribution >= 0.6 is 11.6 Å². The van der Waals surface area contributed by atoms with Gasteiger partial charge in [-0.05, 0) is 17.7 Å². The van der Waals surface area contributed by atoms with Crippen LogP contribution in [0, 0.1) is 0 Å². The Kier molecular flexibility index (Phi) is 6.01. The fraction of sp³-hybridized carbons (Fsp3) is 0.357. The topological polar surface area (TPSA) is 67.5 Å². The lowest BCUT2D eigenvalue weighted by Gasteiger charge is -2.11. The van der Waals surface area contributed by atoms with Crippen LogP contribution in [-0.2, 0) is 17.9 Å². The standard InChI is InChI=1S/C14H17ClN2O3/c15-12-3-1-11(2-4-12)9-19-10-13(18)7-16-8-14-5-6-17-20-14/h1-6,13,16,18H,7-10H2. The van der Waals surface area contributed by atoms with Gasteiger partial charge in [-0.3, -0.25) is 0 Å². The molecule has 1 unspecified atom stereocenters. The summed E-state index contributed by atoms with van der Waals surface area (Å²) in [6.45, 7) is 1.69. The zero-order valence-corrected chi connectivity index (χ0v) is 11.7. The summed E-state index contributed by atoms with van der Waals surface area (Å²) in [5.74, 6) is 0.735. The van der Waals surface area contributed by atoms with Crippen molar-refractivity contribution in [3.05, 3.63) is 52.9 Å². The number of aromatic nitrogens is 1. The Hall–Kier alpha value is -1.40. The largest absolute Gasteiger partial charge is 0.389 e. The molecule has 6 heteroatoms. The molecule has 5 nitrogen and oxygen atoms in total. The normalized spacial score (nSPS) is 12.5. The van der Waals surface area contributed by atoms with Gasteiger partial charge in [0.15, 0.2) is 0 Å². The highest BCUT2D eigenvalue weighted by Gasteiger charge is 2.05. The smallest absolute Gasteiger partial charge is 0.150 e. The quantitative estimate of drug-likeness (QED) is 0.780. The molecule has 2 rings (SSSR count). The molecule has 0 spiro atoms. The summed E-state index contributed by atoms with van der Waals surface area (Å²) in [5.41, 5.74) is 1.02. The molecule has 1 atom stereocenters. The van der Waals surface area contributed by atoms with Crippen LogP contribution in [0.2, 0.25) is 5.02 Å². The minimum Gasteiger partial charge on any atom is -0.389 e. The van der Waals surface area contributed by atoms with E-state index in [9.17, 15) is 5.11 Å². The Morgan fingerprint density at radius 1 is 1.30 bits per heavy atom. The monoisotopic (exact) mass is 296 g/mol. The van der Waals surface area contributed by atoms with Gasteiger partial charge in [0.05, 0.1) is 32.1 Å². The Balaban J connectivity index is 1.58. The van der Waals surface area contributed by atoms with E-state index in [1.54, 1.807) is 12.3 Å². The van der Waals surface area contributed by atoms with E-state index in [1.165, 1.54) is 0 Å². The molecule has 0 aliphatic rings. The second kappa shape index (κ2) is 8.01. The fourth-order valence-electron chi connectivity index (χ4n) is 1.65. The predicted octanol–water partition coefficient (Wildman–Crippen LogP) is 2.00. The molecule has 0 bridgehead atoms. The summed E-state index contributed by atoms with van der Waals surface area (Å²) in [6, 6.07) is 9.20. The zero-order chi connectivity index (χ0) is 14.2. The molecule has 0 radical (unpaired) electrons. The van der Waals surface area contributed by atoms with Crippen molar-refractivity contribution in [1.29, 1.82) is 0 Å². The van der Waals surface area contributed by atoms with Crippen molar-refractivity contribution in [3.8, 4) is 0 Å². The van der Waals surface area contributed by atoms with Crippen molar-refractivity contribution in [2.24, 2.45) is 0 Å². The van der Waals surface area contributed by atoms with Gasteiger partial charge in [-0.15, -0.1) is 0 Å². The highest BCUT2D eigenvalue weighted by atomic mass is 35.5. The molecular formula is C14H17ClN2O3. The Morgan fingerprint density at radius 3 is 2.80 bits per heavy atom. The highest BCUT2D eigenvalue weighted by Crippen LogP contribution is 2.10. The maximum Gasteiger partial charge on any atom is 0.150 e. The average Bonchev–Trinajstić information content (AvgIpc) is 2.94. The maximum absolute atomic E-state index is 9.75. The Morgan fingerprint density at radius 2 is 2.10 bits per heavy atom. The fourth-order valence-corrected chi connectivity index (χ4v) is 1.77. The number of ether oxygens (including phenoxy) is 1. The molecule has 20 heavy (non-hydrogen) atoms. The summed E-state index contributed by atoms with van der Waals surface area (Å²) < 4.78 is 10.4. The number of hydrogen-bond acceptors (Lipinski definition) is 5. The van der Waals surface area contributed by atoms with Crippen molar-refractivity contribution in [2.45, 2.75) is 19.3 Å². The number of rotatable bonds is 8. The highest BCUT2D eigenvalue weighted by molar-refractivity contribution is 6.30. The van der Waals surface area contributed by atoms with Gasteiger partial charge in [-0.2, -0.15) is 0 Å². The number of nitrogens with one attached hydrogen (secondary N) is 1. The number of aliphatic hydroxyl groups is 1. The van der Waals surface area contributed by atoms with Gasteiger partial charge >= 0.3 is 0 Å². The molecule has 108 valence electrons. The van der Waals surface area contributed by atoms with E-state index in [2.05, 4.69) is 10.5 Å². The van der Waals surface area contributed by atoms with Crippen molar-refractivity contribution in [1.82, 2.24) is 10.5 Å². The van der Waals surface area contributed by atoms with E-state index in [-0.39, 0.29) is 6.61 Å². The Labute approximate surface area is 122 Å². The molecule has 1 heterocycles. The minimum atomic E-state index is -0.565. The summed E-state index contributed by atoms with van der Waals surface area (Å²) in [5, 5.41) is 17.1. The molecule has 2 aromatic rings. The molecule has 0 saturated carbocycles. The first-order chi connectivity index (χ1) is 9.74. The van der Waals surface area contributed by atoms with E-state index in [0.29, 0.717) is 24.7 Å². The third-order valence-corrected chi connectivity index (χ3v) is 2.91. The molecule has 2 N–H and O–H groups in total.